The van der Waals surface area contributed by atoms with E-state index >= 15 is 0 Å². The molecule has 0 spiro atoms. The molecule has 0 atom stereocenters. The molecule has 0 bridgehead atoms. The van der Waals surface area contributed by atoms with Crippen LogP contribution in [-0.4, -0.2) is 14.7 Å². The van der Waals surface area contributed by atoms with Crippen LogP contribution in [0.5, 0.6) is 0 Å². The lowest BCUT2D eigenvalue weighted by Crippen LogP contribution is -2.02. The van der Waals surface area contributed by atoms with Gasteiger partial charge >= 0.3 is 0 Å². The van der Waals surface area contributed by atoms with Gasteiger partial charge in [-0.2, -0.15) is 8.42 Å². The van der Waals surface area contributed by atoms with Crippen LogP contribution in [0.1, 0.15) is 5.56 Å². The average Bonchev–Trinajstić information content (AvgIpc) is 2.00. The van der Waals surface area contributed by atoms with Gasteiger partial charge in [-0.05, 0) is 11.6 Å². The number of benzene rings is 1. The van der Waals surface area contributed by atoms with Crippen LogP contribution in [0.4, 0.5) is 0 Å². The Morgan fingerprint density at radius 1 is 1.62 bits per heavy atom. The minimum absolute atomic E-state index is 0.00718. The zero-order chi connectivity index (χ0) is 9.90. The number of hydrogen-bond acceptors (Lipinski definition) is 3. The molecular weight excluding hydrogens is 212 g/mol. The minimum Gasteiger partial charge on any atom is -0.265 e. The fourth-order valence-corrected chi connectivity index (χ4v) is 1.30. The molecule has 0 N–H and O–H groups in total. The maximum Gasteiger partial charge on any atom is 0.264 e. The number of hydrogen-bond donors (Lipinski definition) is 0. The first-order chi connectivity index (χ1) is 5.97. The molecule has 0 saturated carbocycles. The smallest absolute Gasteiger partial charge is 0.264 e. The van der Waals surface area contributed by atoms with Crippen LogP contribution in [0.2, 0.25) is 5.02 Å². The molecule has 1 aromatic carbocycles. The van der Waals surface area contributed by atoms with E-state index < -0.39 is 10.1 Å². The van der Waals surface area contributed by atoms with E-state index in [1.807, 2.05) is 0 Å². The van der Waals surface area contributed by atoms with Gasteiger partial charge < -0.3 is 0 Å². The van der Waals surface area contributed by atoms with Crippen molar-refractivity contribution in [3.63, 3.8) is 0 Å². The maximum absolute atomic E-state index is 10.6. The van der Waals surface area contributed by atoms with Gasteiger partial charge in [-0.1, -0.05) is 23.7 Å². The van der Waals surface area contributed by atoms with Gasteiger partial charge in [0.05, 0.1) is 12.9 Å². The zero-order valence-corrected chi connectivity index (χ0v) is 8.52. The van der Waals surface area contributed by atoms with Gasteiger partial charge in [-0.3, -0.25) is 4.18 Å². The quantitative estimate of drug-likeness (QED) is 0.726. The molecule has 0 aliphatic rings. The lowest BCUT2D eigenvalue weighted by atomic mass is 10.2. The summed E-state index contributed by atoms with van der Waals surface area (Å²) in [7, 11) is -3.39. The van der Waals surface area contributed by atoms with E-state index in [4.69, 9.17) is 11.6 Å². The van der Waals surface area contributed by atoms with Crippen LogP contribution < -0.4 is 0 Å². The van der Waals surface area contributed by atoms with Crippen LogP contribution >= 0.6 is 11.6 Å². The van der Waals surface area contributed by atoms with Gasteiger partial charge in [-0.15, -0.1) is 0 Å². The molecule has 0 amide bonds. The monoisotopic (exact) mass is 219 g/mol. The summed E-state index contributed by atoms with van der Waals surface area (Å²) in [5, 5.41) is 0.439. The first-order valence-corrected chi connectivity index (χ1v) is 5.67. The summed E-state index contributed by atoms with van der Waals surface area (Å²) in [4.78, 5) is 0. The molecule has 0 fully saturated rings. The van der Waals surface area contributed by atoms with E-state index in [2.05, 4.69) is 10.2 Å². The Bertz CT molecular complexity index is 386. The average molecular weight is 220 g/mol. The van der Waals surface area contributed by atoms with Crippen molar-refractivity contribution < 1.29 is 12.6 Å². The Kier molecular flexibility index (Phi) is 3.30. The molecule has 71 valence electrons. The molecule has 1 radical (unpaired) electrons. The van der Waals surface area contributed by atoms with Crippen LogP contribution in [0.15, 0.2) is 18.2 Å². The fraction of sp³-hybridized carbons (Fsp3) is 0.250. The third kappa shape index (κ3) is 4.26. The molecule has 0 aromatic heterocycles. The molecule has 3 nitrogen and oxygen atoms in total. The van der Waals surface area contributed by atoms with Crippen molar-refractivity contribution in [2.75, 3.05) is 6.26 Å². The van der Waals surface area contributed by atoms with Crippen LogP contribution in [0, 0.1) is 6.07 Å². The van der Waals surface area contributed by atoms with Crippen LogP contribution in [0.25, 0.3) is 0 Å². The highest BCUT2D eigenvalue weighted by Gasteiger charge is 2.02. The Balaban J connectivity index is 2.65. The standard InChI is InChI=1S/C8H8ClO3S/c1-13(10,11)12-6-7-3-2-4-8(9)5-7/h2-3,5H,6H2,1H3. The molecule has 0 aliphatic heterocycles. The Labute approximate surface area is 82.4 Å². The summed E-state index contributed by atoms with van der Waals surface area (Å²) >= 11 is 5.63. The second kappa shape index (κ2) is 4.09. The third-order valence-corrected chi connectivity index (χ3v) is 2.03. The summed E-state index contributed by atoms with van der Waals surface area (Å²) in [5.74, 6) is 0. The first kappa shape index (κ1) is 10.5. The normalized spacial score (nSPS) is 11.5. The molecular formula is C8H8ClO3S. The Morgan fingerprint density at radius 2 is 2.31 bits per heavy atom. The van der Waals surface area contributed by atoms with Gasteiger partial charge in [-0.25, -0.2) is 0 Å². The highest BCUT2D eigenvalue weighted by atomic mass is 35.5. The van der Waals surface area contributed by atoms with E-state index in [-0.39, 0.29) is 6.61 Å². The van der Waals surface area contributed by atoms with E-state index in [1.165, 1.54) is 0 Å². The van der Waals surface area contributed by atoms with E-state index in [0.717, 1.165) is 6.26 Å². The maximum atomic E-state index is 10.6. The molecule has 0 unspecified atom stereocenters. The summed E-state index contributed by atoms with van der Waals surface area (Å²) in [6.07, 6.45) is 1.00. The molecule has 0 heterocycles. The van der Waals surface area contributed by atoms with E-state index in [1.54, 1.807) is 18.2 Å². The first-order valence-electron chi connectivity index (χ1n) is 3.48. The third-order valence-electron chi connectivity index (χ3n) is 1.27. The summed E-state index contributed by atoms with van der Waals surface area (Å²) in [6.45, 7) is 0.00718. The van der Waals surface area contributed by atoms with Crippen molar-refractivity contribution in [2.45, 2.75) is 6.61 Å². The van der Waals surface area contributed by atoms with Gasteiger partial charge in [0.25, 0.3) is 10.1 Å². The second-order valence-corrected chi connectivity index (χ2v) is 4.56. The van der Waals surface area contributed by atoms with Crippen molar-refractivity contribution in [2.24, 2.45) is 0 Å². The van der Waals surface area contributed by atoms with Crippen LogP contribution in [-0.2, 0) is 20.9 Å². The Hall–Kier alpha value is -0.580. The predicted molar refractivity (Wildman–Crippen MR) is 49.9 cm³/mol. The topological polar surface area (TPSA) is 43.4 Å². The van der Waals surface area contributed by atoms with Crippen LogP contribution in [0.3, 0.4) is 0 Å². The molecule has 1 rings (SSSR count). The summed E-state index contributed by atoms with van der Waals surface area (Å²) in [5.41, 5.74) is 0.703. The van der Waals surface area contributed by atoms with Gasteiger partial charge in [0, 0.05) is 11.1 Å². The van der Waals surface area contributed by atoms with E-state index in [0.29, 0.717) is 10.6 Å². The lowest BCUT2D eigenvalue weighted by molar-refractivity contribution is 0.311. The molecule has 0 aliphatic carbocycles. The van der Waals surface area contributed by atoms with Gasteiger partial charge in [0.15, 0.2) is 0 Å². The highest BCUT2D eigenvalue weighted by molar-refractivity contribution is 7.85. The molecule has 0 saturated heterocycles. The van der Waals surface area contributed by atoms with Crippen molar-refractivity contribution in [1.82, 2.24) is 0 Å². The minimum atomic E-state index is -3.39. The van der Waals surface area contributed by atoms with Crippen molar-refractivity contribution in [3.05, 3.63) is 34.9 Å². The molecule has 13 heavy (non-hydrogen) atoms. The predicted octanol–water partition coefficient (Wildman–Crippen LogP) is 1.62. The summed E-state index contributed by atoms with van der Waals surface area (Å²) < 4.78 is 25.8. The van der Waals surface area contributed by atoms with Crippen molar-refractivity contribution in [3.8, 4) is 0 Å². The lowest BCUT2D eigenvalue weighted by Gasteiger charge is -2.00. The van der Waals surface area contributed by atoms with E-state index in [9.17, 15) is 8.42 Å². The van der Waals surface area contributed by atoms with Crippen molar-refractivity contribution in [1.29, 1.82) is 0 Å². The second-order valence-electron chi connectivity index (χ2n) is 2.51. The SMILES string of the molecule is CS(=O)(=O)OCc1cc[c]c(Cl)c1. The molecule has 5 heteroatoms. The number of halogens is 1. The zero-order valence-electron chi connectivity index (χ0n) is 6.95. The highest BCUT2D eigenvalue weighted by Crippen LogP contribution is 2.11. The fourth-order valence-electron chi connectivity index (χ4n) is 0.746. The van der Waals surface area contributed by atoms with Gasteiger partial charge in [0.2, 0.25) is 0 Å². The Morgan fingerprint density at radius 3 is 2.85 bits per heavy atom. The molecule has 1 aromatic rings. The number of rotatable bonds is 3. The van der Waals surface area contributed by atoms with Crippen molar-refractivity contribution >= 4 is 21.7 Å². The summed E-state index contributed by atoms with van der Waals surface area (Å²) in [6, 6.07) is 7.64. The van der Waals surface area contributed by atoms with Gasteiger partial charge in [0.1, 0.15) is 0 Å². The largest absolute Gasteiger partial charge is 0.265 e.